The number of nitrogens with zero attached hydrogens (tertiary/aromatic N) is 1. The summed E-state index contributed by atoms with van der Waals surface area (Å²) >= 11 is 0. The molecule has 1 heterocycles. The van der Waals surface area contributed by atoms with E-state index in [4.69, 9.17) is 4.74 Å². The number of esters is 1. The number of amides is 1. The number of amidine groups is 1. The average Bonchev–Trinajstić information content (AvgIpc) is 2.97. The van der Waals surface area contributed by atoms with E-state index < -0.39 is 39.9 Å². The van der Waals surface area contributed by atoms with Crippen LogP contribution >= 0.6 is 0 Å². The number of sulfonamides is 1. The summed E-state index contributed by atoms with van der Waals surface area (Å²) in [5, 5.41) is 2.55. The van der Waals surface area contributed by atoms with E-state index in [0.717, 1.165) is 0 Å². The Kier molecular flexibility index (Phi) is 6.16. The maximum atomic E-state index is 13.0. The van der Waals surface area contributed by atoms with E-state index in [0.29, 0.717) is 11.3 Å². The Morgan fingerprint density at radius 3 is 2.50 bits per heavy atom. The zero-order valence-corrected chi connectivity index (χ0v) is 17.1. The lowest BCUT2D eigenvalue weighted by Crippen LogP contribution is -2.35. The van der Waals surface area contributed by atoms with E-state index in [1.165, 1.54) is 37.3 Å². The van der Waals surface area contributed by atoms with Crippen molar-refractivity contribution in [3.05, 3.63) is 59.9 Å². The molecule has 30 heavy (non-hydrogen) atoms. The number of fused-ring (bicyclic) bond motifs is 1. The summed E-state index contributed by atoms with van der Waals surface area (Å²) in [4.78, 5) is 29.0. The fourth-order valence-corrected chi connectivity index (χ4v) is 4.03. The number of nitrogens with one attached hydrogen (secondary N) is 2. The highest BCUT2D eigenvalue weighted by Crippen LogP contribution is 2.22. The van der Waals surface area contributed by atoms with Crippen molar-refractivity contribution in [3.8, 4) is 0 Å². The molecule has 0 radical (unpaired) electrons. The third-order valence-corrected chi connectivity index (χ3v) is 5.76. The maximum absolute atomic E-state index is 13.0. The third-order valence-electron chi connectivity index (χ3n) is 4.36. The van der Waals surface area contributed by atoms with E-state index in [-0.39, 0.29) is 17.2 Å². The highest BCUT2D eigenvalue weighted by atomic mass is 32.2. The number of rotatable bonds is 6. The van der Waals surface area contributed by atoms with Crippen LogP contribution in [0, 0.1) is 5.82 Å². The molecule has 0 spiro atoms. The van der Waals surface area contributed by atoms with E-state index in [1.54, 1.807) is 25.1 Å². The molecule has 0 aromatic heterocycles. The molecule has 1 aliphatic rings. The first-order valence-electron chi connectivity index (χ1n) is 9.18. The lowest BCUT2D eigenvalue weighted by Gasteiger charge is -2.17. The van der Waals surface area contributed by atoms with Crippen LogP contribution in [-0.2, 0) is 24.3 Å². The van der Waals surface area contributed by atoms with Crippen molar-refractivity contribution in [1.29, 1.82) is 0 Å². The number of hydrogen-bond acceptors (Lipinski definition) is 6. The first kappa shape index (κ1) is 21.4. The van der Waals surface area contributed by atoms with Gasteiger partial charge in [-0.25, -0.2) is 17.6 Å². The fourth-order valence-electron chi connectivity index (χ4n) is 2.79. The normalized spacial score (nSPS) is 17.5. The van der Waals surface area contributed by atoms with Gasteiger partial charge in [-0.05, 0) is 49.7 Å². The van der Waals surface area contributed by atoms with Gasteiger partial charge in [0.05, 0.1) is 4.90 Å². The second-order valence-electron chi connectivity index (χ2n) is 6.59. The van der Waals surface area contributed by atoms with Crippen molar-refractivity contribution in [3.63, 3.8) is 0 Å². The molecule has 0 saturated heterocycles. The van der Waals surface area contributed by atoms with Crippen molar-refractivity contribution >= 4 is 33.4 Å². The molecule has 10 heteroatoms. The summed E-state index contributed by atoms with van der Waals surface area (Å²) in [6.45, 7) is 3.11. The zero-order valence-electron chi connectivity index (χ0n) is 16.3. The molecule has 2 atom stereocenters. The second kappa shape index (κ2) is 8.62. The minimum Gasteiger partial charge on any atom is -0.451 e. The number of carbonyl (C=O) groups excluding carboxylic acids is 2. The molecule has 0 saturated carbocycles. The van der Waals surface area contributed by atoms with Crippen molar-refractivity contribution < 1.29 is 27.1 Å². The van der Waals surface area contributed by atoms with Gasteiger partial charge in [0.2, 0.25) is 0 Å². The highest BCUT2D eigenvalue weighted by molar-refractivity contribution is 7.90. The summed E-state index contributed by atoms with van der Waals surface area (Å²) in [6, 6.07) is 10.4. The van der Waals surface area contributed by atoms with E-state index in [2.05, 4.69) is 15.0 Å². The Balaban J connectivity index is 1.69. The Hall–Kier alpha value is -3.27. The molecule has 8 nitrogen and oxygen atoms in total. The largest absolute Gasteiger partial charge is 0.451 e. The Morgan fingerprint density at radius 1 is 1.17 bits per heavy atom. The predicted molar refractivity (Wildman–Crippen MR) is 108 cm³/mol. The molecule has 158 valence electrons. The number of anilines is 1. The molecular formula is C20H20FN3O5S. The standard InChI is InChI=1S/C20H20FN3O5S/c1-3-16(19(25)23-14-10-8-13(21)9-11-14)29-20(26)12(2)22-18-15-6-4-5-7-17(15)30(27,28)24-18/h4-12,16H,3H2,1-2H3,(H,22,24)(H,23,25). The van der Waals surface area contributed by atoms with Gasteiger partial charge in [0.15, 0.2) is 6.10 Å². The van der Waals surface area contributed by atoms with Gasteiger partial charge < -0.3 is 10.1 Å². The van der Waals surface area contributed by atoms with Crippen molar-refractivity contribution in [2.24, 2.45) is 4.99 Å². The van der Waals surface area contributed by atoms with E-state index in [1.807, 2.05) is 0 Å². The summed E-state index contributed by atoms with van der Waals surface area (Å²) < 4.78 is 44.8. The first-order chi connectivity index (χ1) is 14.2. The number of benzene rings is 2. The quantitative estimate of drug-likeness (QED) is 0.678. The van der Waals surface area contributed by atoms with Gasteiger partial charge in [-0.15, -0.1) is 0 Å². The molecule has 0 fully saturated rings. The number of hydrogen-bond donors (Lipinski definition) is 2. The molecule has 1 aliphatic heterocycles. The van der Waals surface area contributed by atoms with Crippen LogP contribution in [0.15, 0.2) is 58.4 Å². The van der Waals surface area contributed by atoms with Gasteiger partial charge in [-0.1, -0.05) is 19.1 Å². The topological polar surface area (TPSA) is 114 Å². The average molecular weight is 433 g/mol. The first-order valence-corrected chi connectivity index (χ1v) is 10.7. The van der Waals surface area contributed by atoms with Crippen LogP contribution in [0.4, 0.5) is 10.1 Å². The van der Waals surface area contributed by atoms with Crippen LogP contribution < -0.4 is 10.0 Å². The molecule has 0 aliphatic carbocycles. The molecular weight excluding hydrogens is 413 g/mol. The minimum absolute atomic E-state index is 0.0406. The SMILES string of the molecule is CCC(OC(=O)C(C)N=C1NS(=O)(=O)c2ccccc21)C(=O)Nc1ccc(F)cc1. The molecule has 2 aromatic carbocycles. The Labute approximate surface area is 173 Å². The minimum atomic E-state index is -3.73. The van der Waals surface area contributed by atoms with Gasteiger partial charge in [0, 0.05) is 11.3 Å². The summed E-state index contributed by atoms with van der Waals surface area (Å²) in [6.07, 6.45) is -0.880. The van der Waals surface area contributed by atoms with Crippen LogP contribution in [-0.4, -0.2) is 38.3 Å². The van der Waals surface area contributed by atoms with Crippen LogP contribution in [0.3, 0.4) is 0 Å². The smallest absolute Gasteiger partial charge is 0.331 e. The summed E-state index contributed by atoms with van der Waals surface area (Å²) in [7, 11) is -3.73. The zero-order chi connectivity index (χ0) is 21.9. The lowest BCUT2D eigenvalue weighted by atomic mass is 10.2. The number of ether oxygens (including phenoxy) is 1. The van der Waals surface area contributed by atoms with Crippen LogP contribution in [0.25, 0.3) is 0 Å². The van der Waals surface area contributed by atoms with Crippen molar-refractivity contribution in [2.45, 2.75) is 37.3 Å². The lowest BCUT2D eigenvalue weighted by molar-refractivity contribution is -0.155. The van der Waals surface area contributed by atoms with Crippen molar-refractivity contribution in [2.75, 3.05) is 5.32 Å². The van der Waals surface area contributed by atoms with Gasteiger partial charge in [0.1, 0.15) is 17.7 Å². The number of carbonyl (C=O) groups is 2. The summed E-state index contributed by atoms with van der Waals surface area (Å²) in [5.41, 5.74) is 0.722. The second-order valence-corrected chi connectivity index (χ2v) is 8.24. The monoisotopic (exact) mass is 433 g/mol. The Morgan fingerprint density at radius 2 is 1.83 bits per heavy atom. The predicted octanol–water partition coefficient (Wildman–Crippen LogP) is 2.21. The molecule has 1 amide bonds. The molecule has 2 aromatic rings. The van der Waals surface area contributed by atoms with Crippen LogP contribution in [0.2, 0.25) is 0 Å². The third kappa shape index (κ3) is 4.65. The van der Waals surface area contributed by atoms with Gasteiger partial charge in [-0.3, -0.25) is 14.5 Å². The fraction of sp³-hybridized carbons (Fsp3) is 0.250. The van der Waals surface area contributed by atoms with Gasteiger partial charge in [-0.2, -0.15) is 0 Å². The molecule has 0 bridgehead atoms. The maximum Gasteiger partial charge on any atom is 0.331 e. The molecule has 3 rings (SSSR count). The van der Waals surface area contributed by atoms with Gasteiger partial charge in [0.25, 0.3) is 15.9 Å². The van der Waals surface area contributed by atoms with Crippen molar-refractivity contribution in [1.82, 2.24) is 4.72 Å². The van der Waals surface area contributed by atoms with Crippen LogP contribution in [0.1, 0.15) is 25.8 Å². The van der Waals surface area contributed by atoms with Crippen LogP contribution in [0.5, 0.6) is 0 Å². The number of aliphatic imine (C=N–C) groups is 1. The van der Waals surface area contributed by atoms with Gasteiger partial charge >= 0.3 is 5.97 Å². The molecule has 2 N–H and O–H groups in total. The Bertz CT molecular complexity index is 1100. The number of halogens is 1. The van der Waals surface area contributed by atoms with E-state index in [9.17, 15) is 22.4 Å². The summed E-state index contributed by atoms with van der Waals surface area (Å²) in [5.74, 6) is -1.75. The van der Waals surface area contributed by atoms with E-state index >= 15 is 0 Å². The highest BCUT2D eigenvalue weighted by Gasteiger charge is 2.32. The molecule has 2 unspecified atom stereocenters.